The Hall–Kier alpha value is -3.26. The summed E-state index contributed by atoms with van der Waals surface area (Å²) < 4.78 is 2.12. The lowest BCUT2D eigenvalue weighted by molar-refractivity contribution is 0.271. The van der Waals surface area contributed by atoms with Crippen molar-refractivity contribution in [2.75, 3.05) is 42.9 Å². The highest BCUT2D eigenvalue weighted by molar-refractivity contribution is 6.01. The Balaban J connectivity index is 1.41. The van der Waals surface area contributed by atoms with Gasteiger partial charge in [0.1, 0.15) is 11.3 Å². The third-order valence-corrected chi connectivity index (χ3v) is 6.15. The zero-order valence-electron chi connectivity index (χ0n) is 18.3. The molecule has 1 aliphatic heterocycles. The second-order valence-corrected chi connectivity index (χ2v) is 8.00. The number of hydrogen-bond acceptors (Lipinski definition) is 7. The van der Waals surface area contributed by atoms with Crippen LogP contribution in [0.15, 0.2) is 36.9 Å². The van der Waals surface area contributed by atoms with Crippen molar-refractivity contribution in [3.63, 3.8) is 0 Å². The molecule has 1 N–H and O–H groups in total. The Morgan fingerprint density at radius 2 is 1.81 bits per heavy atom. The van der Waals surface area contributed by atoms with Crippen molar-refractivity contribution in [2.24, 2.45) is 0 Å². The molecule has 1 fully saturated rings. The Bertz CT molecular complexity index is 1220. The number of hydrogen-bond donors (Lipinski definition) is 1. The van der Waals surface area contributed by atoms with E-state index in [1.54, 1.807) is 0 Å². The quantitative estimate of drug-likeness (QED) is 0.533. The van der Waals surface area contributed by atoms with Gasteiger partial charge in [0.15, 0.2) is 0 Å². The van der Waals surface area contributed by atoms with Crippen LogP contribution in [0.25, 0.3) is 21.9 Å². The van der Waals surface area contributed by atoms with Gasteiger partial charge in [-0.15, -0.1) is 0 Å². The summed E-state index contributed by atoms with van der Waals surface area (Å²) in [5, 5.41) is 4.29. The van der Waals surface area contributed by atoms with E-state index in [2.05, 4.69) is 61.5 Å². The molecule has 4 heterocycles. The van der Waals surface area contributed by atoms with E-state index in [9.17, 15) is 0 Å². The molecule has 3 aromatic heterocycles. The minimum Gasteiger partial charge on any atom is -0.368 e. The average molecular weight is 417 g/mol. The van der Waals surface area contributed by atoms with Crippen molar-refractivity contribution in [1.82, 2.24) is 29.4 Å². The van der Waals surface area contributed by atoms with Crippen LogP contribution in [-0.2, 0) is 6.54 Å². The number of rotatable bonds is 5. The summed E-state index contributed by atoms with van der Waals surface area (Å²) in [6.45, 7) is 12.7. The van der Waals surface area contributed by atoms with Gasteiger partial charge in [-0.05, 0) is 44.2 Å². The van der Waals surface area contributed by atoms with E-state index in [4.69, 9.17) is 4.98 Å². The normalized spacial score (nSPS) is 15.1. The molecule has 8 nitrogen and oxygen atoms in total. The first-order valence-electron chi connectivity index (χ1n) is 11.0. The predicted octanol–water partition coefficient (Wildman–Crippen LogP) is 3.59. The van der Waals surface area contributed by atoms with Gasteiger partial charge in [0, 0.05) is 44.3 Å². The van der Waals surface area contributed by atoms with E-state index in [0.29, 0.717) is 5.95 Å². The molecule has 5 rings (SSSR count). The lowest BCUT2D eigenvalue weighted by atomic mass is 10.2. The van der Waals surface area contributed by atoms with Crippen LogP contribution in [0.4, 0.5) is 17.5 Å². The lowest BCUT2D eigenvalue weighted by Gasteiger charge is -2.36. The van der Waals surface area contributed by atoms with Gasteiger partial charge < -0.3 is 19.7 Å². The minimum atomic E-state index is 0.542. The number of imidazole rings is 1. The number of benzene rings is 1. The van der Waals surface area contributed by atoms with Gasteiger partial charge in [0.05, 0.1) is 29.2 Å². The zero-order valence-corrected chi connectivity index (χ0v) is 18.3. The monoisotopic (exact) mass is 416 g/mol. The topological polar surface area (TPSA) is 75.0 Å². The number of aryl methyl sites for hydroxylation is 2. The molecule has 8 heteroatoms. The van der Waals surface area contributed by atoms with E-state index in [1.165, 1.54) is 11.3 Å². The van der Waals surface area contributed by atoms with Gasteiger partial charge in [-0.3, -0.25) is 0 Å². The molecule has 160 valence electrons. The smallest absolute Gasteiger partial charge is 0.228 e. The van der Waals surface area contributed by atoms with Crippen LogP contribution in [0, 0.1) is 6.92 Å². The van der Waals surface area contributed by atoms with Crippen molar-refractivity contribution in [3.8, 4) is 0 Å². The Morgan fingerprint density at radius 1 is 0.968 bits per heavy atom. The molecule has 0 aliphatic carbocycles. The number of piperazine rings is 1. The molecule has 1 aromatic carbocycles. The number of likely N-dealkylation sites (N-methyl/N-ethyl adjacent to an activating group) is 1. The van der Waals surface area contributed by atoms with Crippen LogP contribution in [0.5, 0.6) is 0 Å². The maximum atomic E-state index is 4.80. The first-order chi connectivity index (χ1) is 15.2. The molecule has 0 saturated carbocycles. The van der Waals surface area contributed by atoms with Crippen molar-refractivity contribution in [1.29, 1.82) is 0 Å². The molecule has 4 aromatic rings. The SMILES string of the molecule is CCN1CCN(c2cnc(Nc3ncc4ccc5ncn(CC)c5c4n3)cc2C)CC1. The molecule has 0 unspecified atom stereocenters. The molecular formula is C23H28N8. The summed E-state index contributed by atoms with van der Waals surface area (Å²) in [5.74, 6) is 1.30. The number of anilines is 3. The Labute approximate surface area is 181 Å². The third kappa shape index (κ3) is 3.67. The van der Waals surface area contributed by atoms with Gasteiger partial charge in [0.2, 0.25) is 5.95 Å². The largest absolute Gasteiger partial charge is 0.368 e. The van der Waals surface area contributed by atoms with E-state index in [-0.39, 0.29) is 0 Å². The third-order valence-electron chi connectivity index (χ3n) is 6.15. The van der Waals surface area contributed by atoms with Gasteiger partial charge in [-0.1, -0.05) is 6.92 Å². The van der Waals surface area contributed by atoms with Gasteiger partial charge >= 0.3 is 0 Å². The van der Waals surface area contributed by atoms with E-state index in [0.717, 1.165) is 67.0 Å². The van der Waals surface area contributed by atoms with Crippen LogP contribution in [-0.4, -0.2) is 62.1 Å². The van der Waals surface area contributed by atoms with Crippen LogP contribution in [0.1, 0.15) is 19.4 Å². The fourth-order valence-corrected chi connectivity index (χ4v) is 4.32. The number of fused-ring (bicyclic) bond motifs is 3. The number of pyridine rings is 1. The summed E-state index contributed by atoms with van der Waals surface area (Å²) in [4.78, 5) is 23.3. The molecule has 0 amide bonds. The molecule has 0 bridgehead atoms. The van der Waals surface area contributed by atoms with Crippen LogP contribution < -0.4 is 10.2 Å². The summed E-state index contributed by atoms with van der Waals surface area (Å²) in [6.07, 6.45) is 5.68. The fraction of sp³-hybridized carbons (Fsp3) is 0.391. The van der Waals surface area contributed by atoms with Crippen LogP contribution >= 0.6 is 0 Å². The summed E-state index contributed by atoms with van der Waals surface area (Å²) in [6, 6.07) is 6.11. The maximum Gasteiger partial charge on any atom is 0.228 e. The predicted molar refractivity (Wildman–Crippen MR) is 125 cm³/mol. The molecule has 0 atom stereocenters. The highest BCUT2D eigenvalue weighted by Crippen LogP contribution is 2.26. The van der Waals surface area contributed by atoms with Gasteiger partial charge in [-0.25, -0.2) is 19.9 Å². The maximum absolute atomic E-state index is 4.80. The van der Waals surface area contributed by atoms with Gasteiger partial charge in [0.25, 0.3) is 0 Å². The van der Waals surface area contributed by atoms with Crippen LogP contribution in [0.3, 0.4) is 0 Å². The lowest BCUT2D eigenvalue weighted by Crippen LogP contribution is -2.46. The summed E-state index contributed by atoms with van der Waals surface area (Å²) in [5.41, 5.74) is 5.29. The fourth-order valence-electron chi connectivity index (χ4n) is 4.32. The highest BCUT2D eigenvalue weighted by Gasteiger charge is 2.18. The molecule has 0 spiro atoms. The zero-order chi connectivity index (χ0) is 21.4. The Kier molecular flexibility index (Phi) is 5.15. The second kappa shape index (κ2) is 8.11. The van der Waals surface area contributed by atoms with Crippen molar-refractivity contribution in [2.45, 2.75) is 27.3 Å². The highest BCUT2D eigenvalue weighted by atomic mass is 15.3. The van der Waals surface area contributed by atoms with E-state index >= 15 is 0 Å². The second-order valence-electron chi connectivity index (χ2n) is 8.00. The van der Waals surface area contributed by atoms with E-state index < -0.39 is 0 Å². The van der Waals surface area contributed by atoms with Crippen molar-refractivity contribution in [3.05, 3.63) is 42.5 Å². The summed E-state index contributed by atoms with van der Waals surface area (Å²) >= 11 is 0. The molecular weight excluding hydrogens is 388 g/mol. The van der Waals surface area contributed by atoms with Gasteiger partial charge in [-0.2, -0.15) is 0 Å². The summed E-state index contributed by atoms with van der Waals surface area (Å²) in [7, 11) is 0. The minimum absolute atomic E-state index is 0.542. The number of nitrogens with one attached hydrogen (secondary N) is 1. The number of aromatic nitrogens is 5. The average Bonchev–Trinajstić information content (AvgIpc) is 3.23. The first-order valence-corrected chi connectivity index (χ1v) is 11.0. The van der Waals surface area contributed by atoms with Crippen molar-refractivity contribution < 1.29 is 0 Å². The number of nitrogens with zero attached hydrogens (tertiary/aromatic N) is 7. The Morgan fingerprint density at radius 3 is 2.55 bits per heavy atom. The molecule has 31 heavy (non-hydrogen) atoms. The van der Waals surface area contributed by atoms with Crippen LogP contribution in [0.2, 0.25) is 0 Å². The first kappa shape index (κ1) is 19.7. The van der Waals surface area contributed by atoms with E-state index in [1.807, 2.05) is 30.9 Å². The standard InChI is InChI=1S/C23H28N8/c1-4-29-8-10-31(11-9-29)19-14-24-20(12-16(19)3)27-23-25-13-17-6-7-18-22(21(17)28-23)30(5-2)15-26-18/h6-7,12-15H,4-5,8-11H2,1-3H3,(H,24,25,27,28). The molecule has 1 aliphatic rings. The molecule has 1 saturated heterocycles. The molecule has 0 radical (unpaired) electrons. The van der Waals surface area contributed by atoms with Crippen molar-refractivity contribution >= 4 is 39.4 Å².